The van der Waals surface area contributed by atoms with Crippen LogP contribution in [-0.4, -0.2) is 30.9 Å². The Hall–Kier alpha value is -3.39. The number of Topliss-reactive ketones (excluding diaryl/α,β-unsaturated/α-hetero) is 1. The standard InChI is InChI=1S/C19H14ClFN2O5/c20-11-6-7-14(13(21)8-11)23-16(25)10-28-19(26)17-15(24)9-27-18(17)22-12-4-2-1-3-5-12/h1-8,22H,9-10H2,(H,23,25). The van der Waals surface area contributed by atoms with Gasteiger partial charge in [-0.25, -0.2) is 9.18 Å². The summed E-state index contributed by atoms with van der Waals surface area (Å²) >= 11 is 5.64. The van der Waals surface area contributed by atoms with Crippen LogP contribution in [0.15, 0.2) is 60.0 Å². The van der Waals surface area contributed by atoms with E-state index in [1.54, 1.807) is 30.3 Å². The van der Waals surface area contributed by atoms with Gasteiger partial charge in [0.2, 0.25) is 11.7 Å². The summed E-state index contributed by atoms with van der Waals surface area (Å²) in [6, 6.07) is 12.5. The lowest BCUT2D eigenvalue weighted by molar-refractivity contribution is -0.144. The maximum atomic E-state index is 13.7. The third kappa shape index (κ3) is 4.66. The number of ketones is 1. The van der Waals surface area contributed by atoms with Gasteiger partial charge in [-0.2, -0.15) is 0 Å². The van der Waals surface area contributed by atoms with Crippen molar-refractivity contribution in [3.63, 3.8) is 0 Å². The number of hydrogen-bond donors (Lipinski definition) is 2. The van der Waals surface area contributed by atoms with Crippen LogP contribution in [0.3, 0.4) is 0 Å². The Bertz CT molecular complexity index is 962. The summed E-state index contributed by atoms with van der Waals surface area (Å²) in [5.41, 5.74) is 0.166. The van der Waals surface area contributed by atoms with Crippen LogP contribution in [-0.2, 0) is 23.9 Å². The Morgan fingerprint density at radius 1 is 1.18 bits per heavy atom. The summed E-state index contributed by atoms with van der Waals surface area (Å²) < 4.78 is 23.7. The molecule has 1 amide bonds. The van der Waals surface area contributed by atoms with E-state index in [0.29, 0.717) is 5.69 Å². The molecular formula is C19H14ClFN2O5. The van der Waals surface area contributed by atoms with Gasteiger partial charge < -0.3 is 20.1 Å². The quantitative estimate of drug-likeness (QED) is 0.568. The van der Waals surface area contributed by atoms with Crippen LogP contribution in [0.4, 0.5) is 15.8 Å². The highest BCUT2D eigenvalue weighted by Crippen LogP contribution is 2.21. The summed E-state index contributed by atoms with van der Waals surface area (Å²) in [5.74, 6) is -3.16. The van der Waals surface area contributed by atoms with Gasteiger partial charge in [0, 0.05) is 10.7 Å². The lowest BCUT2D eigenvalue weighted by Crippen LogP contribution is -2.24. The van der Waals surface area contributed by atoms with Crippen LogP contribution < -0.4 is 10.6 Å². The van der Waals surface area contributed by atoms with E-state index in [1.165, 1.54) is 12.1 Å². The normalized spacial score (nSPS) is 13.1. The molecule has 144 valence electrons. The van der Waals surface area contributed by atoms with Crippen LogP contribution in [0.2, 0.25) is 5.02 Å². The molecule has 7 nitrogen and oxygen atoms in total. The monoisotopic (exact) mass is 404 g/mol. The number of anilines is 2. The molecule has 0 bridgehead atoms. The molecule has 1 heterocycles. The van der Waals surface area contributed by atoms with E-state index in [2.05, 4.69) is 10.6 Å². The molecule has 0 aliphatic carbocycles. The fraction of sp³-hybridized carbons (Fsp3) is 0.105. The fourth-order valence-corrected chi connectivity index (χ4v) is 2.51. The predicted octanol–water partition coefficient (Wildman–Crippen LogP) is 2.88. The molecule has 0 radical (unpaired) electrons. The van der Waals surface area contributed by atoms with Gasteiger partial charge in [-0.15, -0.1) is 0 Å². The third-order valence-corrected chi connectivity index (χ3v) is 3.86. The molecule has 2 aromatic carbocycles. The second-order valence-corrected chi connectivity index (χ2v) is 6.09. The number of benzene rings is 2. The average molecular weight is 405 g/mol. The van der Waals surface area contributed by atoms with Crippen molar-refractivity contribution in [1.82, 2.24) is 0 Å². The van der Waals surface area contributed by atoms with Gasteiger partial charge in [-0.1, -0.05) is 29.8 Å². The minimum absolute atomic E-state index is 0.0506. The molecule has 0 unspecified atom stereocenters. The summed E-state index contributed by atoms with van der Waals surface area (Å²) in [4.78, 5) is 36.1. The van der Waals surface area contributed by atoms with E-state index in [1.807, 2.05) is 0 Å². The van der Waals surface area contributed by atoms with E-state index in [-0.39, 0.29) is 28.8 Å². The summed E-state index contributed by atoms with van der Waals surface area (Å²) in [6.07, 6.45) is 0. The molecule has 0 spiro atoms. The zero-order valence-electron chi connectivity index (χ0n) is 14.3. The maximum absolute atomic E-state index is 13.7. The first kappa shape index (κ1) is 19.4. The number of ether oxygens (including phenoxy) is 2. The molecule has 0 saturated carbocycles. The maximum Gasteiger partial charge on any atom is 0.347 e. The molecule has 2 N–H and O–H groups in total. The van der Waals surface area contributed by atoms with E-state index in [9.17, 15) is 18.8 Å². The zero-order valence-corrected chi connectivity index (χ0v) is 15.1. The molecule has 1 aliphatic heterocycles. The van der Waals surface area contributed by atoms with Crippen LogP contribution in [0, 0.1) is 5.82 Å². The van der Waals surface area contributed by atoms with E-state index in [4.69, 9.17) is 21.1 Å². The molecule has 0 atom stereocenters. The largest absolute Gasteiger partial charge is 0.470 e. The minimum atomic E-state index is -1.02. The topological polar surface area (TPSA) is 93.7 Å². The second kappa shape index (κ2) is 8.53. The van der Waals surface area contributed by atoms with E-state index in [0.717, 1.165) is 6.07 Å². The van der Waals surface area contributed by atoms with Gasteiger partial charge in [-0.05, 0) is 30.3 Å². The summed E-state index contributed by atoms with van der Waals surface area (Å²) in [6.45, 7) is -1.03. The lowest BCUT2D eigenvalue weighted by atomic mass is 10.2. The van der Waals surface area contributed by atoms with Crippen molar-refractivity contribution in [3.05, 3.63) is 70.8 Å². The number of nitrogens with one attached hydrogen (secondary N) is 2. The van der Waals surface area contributed by atoms with Crippen molar-refractivity contribution in [2.75, 3.05) is 23.8 Å². The molecule has 0 aromatic heterocycles. The van der Waals surface area contributed by atoms with Gasteiger partial charge in [-0.3, -0.25) is 9.59 Å². The van der Waals surface area contributed by atoms with Crippen LogP contribution in [0.25, 0.3) is 0 Å². The van der Waals surface area contributed by atoms with E-state index < -0.39 is 30.1 Å². The van der Waals surface area contributed by atoms with Gasteiger partial charge in [0.15, 0.2) is 18.8 Å². The Morgan fingerprint density at radius 2 is 1.93 bits per heavy atom. The number of para-hydroxylation sites is 1. The molecule has 9 heteroatoms. The molecular weight excluding hydrogens is 391 g/mol. The van der Waals surface area contributed by atoms with Gasteiger partial charge in [0.25, 0.3) is 5.91 Å². The highest BCUT2D eigenvalue weighted by molar-refractivity contribution is 6.30. The molecule has 28 heavy (non-hydrogen) atoms. The van der Waals surface area contributed by atoms with Crippen LogP contribution in [0.1, 0.15) is 0 Å². The average Bonchev–Trinajstić information content (AvgIpc) is 3.03. The summed E-state index contributed by atoms with van der Waals surface area (Å²) in [5, 5.41) is 5.24. The first-order valence-electron chi connectivity index (χ1n) is 8.08. The van der Waals surface area contributed by atoms with Crippen molar-refractivity contribution < 1.29 is 28.2 Å². The van der Waals surface area contributed by atoms with Crippen molar-refractivity contribution in [2.45, 2.75) is 0 Å². The van der Waals surface area contributed by atoms with Crippen LogP contribution in [0.5, 0.6) is 0 Å². The second-order valence-electron chi connectivity index (χ2n) is 5.66. The third-order valence-electron chi connectivity index (χ3n) is 3.63. The smallest absolute Gasteiger partial charge is 0.347 e. The number of carbonyl (C=O) groups is 3. The Kier molecular flexibility index (Phi) is 5.90. The van der Waals surface area contributed by atoms with Crippen molar-refractivity contribution in [3.8, 4) is 0 Å². The first-order valence-corrected chi connectivity index (χ1v) is 8.46. The number of amides is 1. The Labute approximate surface area is 164 Å². The highest BCUT2D eigenvalue weighted by Gasteiger charge is 2.32. The van der Waals surface area contributed by atoms with E-state index >= 15 is 0 Å². The van der Waals surface area contributed by atoms with Crippen molar-refractivity contribution >= 4 is 40.6 Å². The zero-order chi connectivity index (χ0) is 20.1. The molecule has 0 fully saturated rings. The van der Waals surface area contributed by atoms with Crippen LogP contribution >= 0.6 is 11.6 Å². The highest BCUT2D eigenvalue weighted by atomic mass is 35.5. The first-order chi connectivity index (χ1) is 13.4. The number of hydrogen-bond acceptors (Lipinski definition) is 6. The SMILES string of the molecule is O=C(COC(=O)C1=C(Nc2ccccc2)OCC1=O)Nc1ccc(Cl)cc1F. The number of carbonyl (C=O) groups excluding carboxylic acids is 3. The molecule has 3 rings (SSSR count). The van der Waals surface area contributed by atoms with Gasteiger partial charge in [0.1, 0.15) is 5.82 Å². The lowest BCUT2D eigenvalue weighted by Gasteiger charge is -2.09. The molecule has 1 aliphatic rings. The molecule has 2 aromatic rings. The minimum Gasteiger partial charge on any atom is -0.470 e. The number of halogens is 2. The Balaban J connectivity index is 1.63. The van der Waals surface area contributed by atoms with Crippen molar-refractivity contribution in [2.24, 2.45) is 0 Å². The fourth-order valence-electron chi connectivity index (χ4n) is 2.35. The predicted molar refractivity (Wildman–Crippen MR) is 99.0 cm³/mol. The van der Waals surface area contributed by atoms with Crippen molar-refractivity contribution in [1.29, 1.82) is 0 Å². The van der Waals surface area contributed by atoms with Gasteiger partial charge in [0.05, 0.1) is 5.69 Å². The Morgan fingerprint density at radius 3 is 2.64 bits per heavy atom. The number of esters is 1. The van der Waals surface area contributed by atoms with Gasteiger partial charge >= 0.3 is 5.97 Å². The summed E-state index contributed by atoms with van der Waals surface area (Å²) in [7, 11) is 0. The molecule has 0 saturated heterocycles. The number of rotatable bonds is 6.